The third-order valence-electron chi connectivity index (χ3n) is 5.63. The third-order valence-corrected chi connectivity index (χ3v) is 7.11. The van der Waals surface area contributed by atoms with Gasteiger partial charge in [-0.15, -0.1) is 0 Å². The number of fused-ring (bicyclic) bond motifs is 2. The van der Waals surface area contributed by atoms with Crippen LogP contribution in [0.5, 0.6) is 5.75 Å². The van der Waals surface area contributed by atoms with Crippen LogP contribution in [0, 0.1) is 0 Å². The number of hydrogen-bond donors (Lipinski definition) is 3. The van der Waals surface area contributed by atoms with Crippen LogP contribution in [0.4, 0.5) is 23.1 Å². The Bertz CT molecular complexity index is 1640. The maximum absolute atomic E-state index is 12.5. The molecule has 35 heavy (non-hydrogen) atoms. The van der Waals surface area contributed by atoms with Crippen molar-refractivity contribution >= 4 is 54.8 Å². The number of sulfonamides is 1. The molecule has 1 aromatic heterocycles. The summed E-state index contributed by atoms with van der Waals surface area (Å²) in [6.07, 6.45) is 0. The van der Waals surface area contributed by atoms with Crippen molar-refractivity contribution in [3.05, 3.63) is 84.9 Å². The van der Waals surface area contributed by atoms with Crippen molar-refractivity contribution in [2.75, 3.05) is 24.8 Å². The summed E-state index contributed by atoms with van der Waals surface area (Å²) in [5.74, 6) is 1.57. The molecule has 0 saturated heterocycles. The largest absolute Gasteiger partial charge is 0.494 e. The lowest BCUT2D eigenvalue weighted by Gasteiger charge is -2.15. The maximum Gasteiger partial charge on any atom is 0.240 e. The minimum atomic E-state index is -3.63. The molecule has 0 saturated carbocycles. The molecule has 0 spiro atoms. The molecule has 0 unspecified atom stereocenters. The molecule has 0 bridgehead atoms. The quantitative estimate of drug-likeness (QED) is 0.291. The van der Waals surface area contributed by atoms with E-state index in [2.05, 4.69) is 15.4 Å². The fourth-order valence-corrected chi connectivity index (χ4v) is 4.90. The van der Waals surface area contributed by atoms with Gasteiger partial charge in [0.25, 0.3) is 0 Å². The standard InChI is InChI=1S/C26H23N5O3S/c1-27-35(32,33)23-16-8-11-18-19(23)12-6-14-21(18)29-26-30-24-20(13-7-15-22(24)34-2)25(31-26)28-17-9-4-3-5-10-17/h3-16,27H,1-2H3,(H2,28,29,30,31). The molecule has 5 rings (SSSR count). The lowest BCUT2D eigenvalue weighted by atomic mass is 10.1. The van der Waals surface area contributed by atoms with Crippen molar-refractivity contribution < 1.29 is 13.2 Å². The van der Waals surface area contributed by atoms with E-state index in [9.17, 15) is 8.42 Å². The fraction of sp³-hybridized carbons (Fsp3) is 0.0769. The Morgan fingerprint density at radius 2 is 1.46 bits per heavy atom. The van der Waals surface area contributed by atoms with Crippen LogP contribution in [0.15, 0.2) is 89.8 Å². The predicted octanol–water partition coefficient (Wildman–Crippen LogP) is 5.19. The van der Waals surface area contributed by atoms with E-state index in [1.54, 1.807) is 31.4 Å². The van der Waals surface area contributed by atoms with Crippen molar-refractivity contribution in [2.45, 2.75) is 4.90 Å². The van der Waals surface area contributed by atoms with Gasteiger partial charge >= 0.3 is 0 Å². The molecule has 4 aromatic carbocycles. The van der Waals surface area contributed by atoms with Gasteiger partial charge < -0.3 is 15.4 Å². The number of rotatable bonds is 7. The summed E-state index contributed by atoms with van der Waals surface area (Å²) >= 11 is 0. The highest BCUT2D eigenvalue weighted by molar-refractivity contribution is 7.89. The Morgan fingerprint density at radius 1 is 0.743 bits per heavy atom. The summed E-state index contributed by atoms with van der Waals surface area (Å²) in [5, 5.41) is 8.77. The number of anilines is 4. The molecule has 0 atom stereocenters. The Labute approximate surface area is 203 Å². The molecule has 3 N–H and O–H groups in total. The van der Waals surface area contributed by atoms with E-state index in [0.29, 0.717) is 34.1 Å². The second-order valence-corrected chi connectivity index (χ2v) is 9.59. The third kappa shape index (κ3) is 4.34. The zero-order valence-electron chi connectivity index (χ0n) is 19.1. The number of nitrogens with zero attached hydrogens (tertiary/aromatic N) is 2. The molecule has 0 amide bonds. The number of nitrogens with one attached hydrogen (secondary N) is 3. The smallest absolute Gasteiger partial charge is 0.240 e. The Balaban J connectivity index is 1.65. The van der Waals surface area contributed by atoms with E-state index in [0.717, 1.165) is 16.5 Å². The molecule has 9 heteroatoms. The topological polar surface area (TPSA) is 105 Å². The Morgan fingerprint density at radius 3 is 2.23 bits per heavy atom. The molecule has 0 aliphatic rings. The first kappa shape index (κ1) is 22.6. The second kappa shape index (κ2) is 9.21. The van der Waals surface area contributed by atoms with Gasteiger partial charge in [0.1, 0.15) is 17.1 Å². The SMILES string of the molecule is CNS(=O)(=O)c1cccc2c(Nc3nc(Nc4ccccc4)c4cccc(OC)c4n3)cccc12. The molecule has 176 valence electrons. The summed E-state index contributed by atoms with van der Waals surface area (Å²) in [5.41, 5.74) is 2.20. The molecule has 5 aromatic rings. The molecule has 0 aliphatic heterocycles. The van der Waals surface area contributed by atoms with Crippen LogP contribution in [-0.4, -0.2) is 32.5 Å². The van der Waals surface area contributed by atoms with E-state index in [-0.39, 0.29) is 4.90 Å². The molecular weight excluding hydrogens is 462 g/mol. The van der Waals surface area contributed by atoms with E-state index in [1.165, 1.54) is 7.05 Å². The van der Waals surface area contributed by atoms with Crippen molar-refractivity contribution in [3.8, 4) is 5.75 Å². The van der Waals surface area contributed by atoms with Crippen LogP contribution >= 0.6 is 0 Å². The van der Waals surface area contributed by atoms with Gasteiger partial charge in [-0.1, -0.05) is 48.5 Å². The first-order chi connectivity index (χ1) is 17.0. The predicted molar refractivity (Wildman–Crippen MR) is 139 cm³/mol. The highest BCUT2D eigenvalue weighted by Gasteiger charge is 2.17. The molecule has 0 aliphatic carbocycles. The van der Waals surface area contributed by atoms with Gasteiger partial charge in [0, 0.05) is 27.5 Å². The summed E-state index contributed by atoms with van der Waals surface area (Å²) in [6, 6.07) is 26.0. The summed E-state index contributed by atoms with van der Waals surface area (Å²) in [4.78, 5) is 9.66. The van der Waals surface area contributed by atoms with Crippen molar-refractivity contribution in [1.29, 1.82) is 0 Å². The van der Waals surface area contributed by atoms with E-state index >= 15 is 0 Å². The fourth-order valence-electron chi connectivity index (χ4n) is 3.95. The average molecular weight is 486 g/mol. The Kier molecular flexibility index (Phi) is 5.94. The van der Waals surface area contributed by atoms with Gasteiger partial charge in [0.15, 0.2) is 0 Å². The van der Waals surface area contributed by atoms with E-state index in [1.807, 2.05) is 60.7 Å². The lowest BCUT2D eigenvalue weighted by Crippen LogP contribution is -2.18. The van der Waals surface area contributed by atoms with Crippen LogP contribution in [0.1, 0.15) is 0 Å². The number of benzene rings is 4. The highest BCUT2D eigenvalue weighted by Crippen LogP contribution is 2.34. The highest BCUT2D eigenvalue weighted by atomic mass is 32.2. The summed E-state index contributed by atoms with van der Waals surface area (Å²) in [6.45, 7) is 0. The van der Waals surface area contributed by atoms with Gasteiger partial charge in [-0.2, -0.15) is 4.98 Å². The molecule has 0 fully saturated rings. The molecule has 8 nitrogen and oxygen atoms in total. The number of para-hydroxylation sites is 2. The van der Waals surface area contributed by atoms with Crippen molar-refractivity contribution in [3.63, 3.8) is 0 Å². The minimum Gasteiger partial charge on any atom is -0.494 e. The van der Waals surface area contributed by atoms with E-state index < -0.39 is 10.0 Å². The zero-order chi connectivity index (χ0) is 24.4. The average Bonchev–Trinajstić information content (AvgIpc) is 2.89. The van der Waals surface area contributed by atoms with Gasteiger partial charge in [-0.25, -0.2) is 18.1 Å². The van der Waals surface area contributed by atoms with Crippen molar-refractivity contribution in [2.24, 2.45) is 0 Å². The van der Waals surface area contributed by atoms with Gasteiger partial charge in [-0.05, 0) is 43.4 Å². The monoisotopic (exact) mass is 485 g/mol. The summed E-state index contributed by atoms with van der Waals surface area (Å²) in [7, 11) is -0.633. The van der Waals surface area contributed by atoms with Gasteiger partial charge in [0.2, 0.25) is 16.0 Å². The first-order valence-electron chi connectivity index (χ1n) is 10.9. The number of hydrogen-bond acceptors (Lipinski definition) is 7. The number of ether oxygens (including phenoxy) is 1. The number of aromatic nitrogens is 2. The van der Waals surface area contributed by atoms with E-state index in [4.69, 9.17) is 14.7 Å². The molecule has 1 heterocycles. The molecule has 0 radical (unpaired) electrons. The Hall–Kier alpha value is -4.21. The van der Waals surface area contributed by atoms with Crippen LogP contribution in [0.3, 0.4) is 0 Å². The minimum absolute atomic E-state index is 0.202. The van der Waals surface area contributed by atoms with Gasteiger partial charge in [0.05, 0.1) is 12.0 Å². The normalized spacial score (nSPS) is 11.5. The van der Waals surface area contributed by atoms with Crippen LogP contribution in [-0.2, 0) is 10.0 Å². The van der Waals surface area contributed by atoms with Crippen molar-refractivity contribution in [1.82, 2.24) is 14.7 Å². The molecular formula is C26H23N5O3S. The maximum atomic E-state index is 12.5. The number of methoxy groups -OCH3 is 1. The second-order valence-electron chi connectivity index (χ2n) is 7.73. The zero-order valence-corrected chi connectivity index (χ0v) is 19.9. The summed E-state index contributed by atoms with van der Waals surface area (Å²) < 4.78 is 33.0. The van der Waals surface area contributed by atoms with Crippen LogP contribution in [0.2, 0.25) is 0 Å². The van der Waals surface area contributed by atoms with Crippen LogP contribution < -0.4 is 20.1 Å². The lowest BCUT2D eigenvalue weighted by molar-refractivity contribution is 0.419. The van der Waals surface area contributed by atoms with Crippen LogP contribution in [0.25, 0.3) is 21.7 Å². The van der Waals surface area contributed by atoms with Gasteiger partial charge in [-0.3, -0.25) is 0 Å². The first-order valence-corrected chi connectivity index (χ1v) is 12.4.